The van der Waals surface area contributed by atoms with E-state index in [0.717, 1.165) is 9.56 Å². The Balaban J connectivity index is 2.23. The first-order valence-corrected chi connectivity index (χ1v) is 8.57. The Morgan fingerprint density at radius 2 is 2.17 bits per heavy atom. The average Bonchev–Trinajstić information content (AvgIpc) is 2.96. The summed E-state index contributed by atoms with van der Waals surface area (Å²) in [6.45, 7) is 5.98. The number of likely N-dealkylation sites (N-methyl/N-ethyl adjacent to an activating group) is 1. The van der Waals surface area contributed by atoms with E-state index in [4.69, 9.17) is 16.9 Å². The Bertz CT molecular complexity index is 866. The zero-order valence-corrected chi connectivity index (χ0v) is 15.2. The van der Waals surface area contributed by atoms with Crippen LogP contribution in [0.1, 0.15) is 28.6 Å². The van der Waals surface area contributed by atoms with Gasteiger partial charge in [-0.05, 0) is 38.5 Å². The van der Waals surface area contributed by atoms with Gasteiger partial charge in [0.2, 0.25) is 5.91 Å². The van der Waals surface area contributed by atoms with E-state index in [-0.39, 0.29) is 18.0 Å². The Kier molecular flexibility index (Phi) is 5.75. The fourth-order valence-electron chi connectivity index (χ4n) is 2.24. The fourth-order valence-corrected chi connectivity index (χ4v) is 3.34. The van der Waals surface area contributed by atoms with Gasteiger partial charge in [-0.15, -0.1) is 11.3 Å². The Morgan fingerprint density at radius 3 is 2.71 bits per heavy atom. The molecule has 126 valence electrons. The van der Waals surface area contributed by atoms with Gasteiger partial charge >= 0.3 is 0 Å². The molecule has 0 radical (unpaired) electrons. The molecule has 0 spiro atoms. The maximum atomic E-state index is 12.5. The van der Waals surface area contributed by atoms with Crippen LogP contribution in [0.4, 0.5) is 0 Å². The highest BCUT2D eigenvalue weighted by atomic mass is 35.5. The zero-order chi connectivity index (χ0) is 17.9. The summed E-state index contributed by atoms with van der Waals surface area (Å²) in [5.41, 5.74) is 0.603. The lowest BCUT2D eigenvalue weighted by molar-refractivity contribution is -0.132. The van der Waals surface area contributed by atoms with Crippen LogP contribution >= 0.6 is 22.9 Å². The molecule has 0 aliphatic carbocycles. The molecule has 24 heavy (non-hydrogen) atoms. The standard InChI is InChI=1S/C16H17ClN4O2S/c1-4-20(8-12-5-6-14(17)24-12)15(22)9-21-16(23)13(7-18)10(2)11(3)19-21/h5-6H,4,8-9H2,1-3H3. The fraction of sp³-hybridized carbons (Fsp3) is 0.375. The highest BCUT2D eigenvalue weighted by Gasteiger charge is 2.18. The van der Waals surface area contributed by atoms with E-state index in [1.54, 1.807) is 24.8 Å². The van der Waals surface area contributed by atoms with E-state index in [0.29, 0.717) is 28.7 Å². The van der Waals surface area contributed by atoms with Gasteiger partial charge in [-0.3, -0.25) is 9.59 Å². The molecule has 8 heteroatoms. The second-order valence-electron chi connectivity index (χ2n) is 5.27. The molecule has 2 aromatic rings. The molecule has 6 nitrogen and oxygen atoms in total. The number of hydrogen-bond donors (Lipinski definition) is 0. The summed E-state index contributed by atoms with van der Waals surface area (Å²) in [5.74, 6) is -0.233. The van der Waals surface area contributed by atoms with E-state index in [1.807, 2.05) is 19.1 Å². The van der Waals surface area contributed by atoms with Crippen molar-refractivity contribution in [2.75, 3.05) is 6.54 Å². The van der Waals surface area contributed by atoms with Gasteiger partial charge in [0.15, 0.2) is 0 Å². The van der Waals surface area contributed by atoms with Crippen LogP contribution in [-0.4, -0.2) is 27.1 Å². The molecule has 0 saturated heterocycles. The Morgan fingerprint density at radius 1 is 1.46 bits per heavy atom. The maximum Gasteiger partial charge on any atom is 0.285 e. The number of carbonyl (C=O) groups is 1. The van der Waals surface area contributed by atoms with E-state index in [9.17, 15) is 9.59 Å². The summed E-state index contributed by atoms with van der Waals surface area (Å²) in [5, 5.41) is 13.3. The number of aryl methyl sites for hydroxylation is 1. The molecule has 2 heterocycles. The molecule has 0 atom stereocenters. The van der Waals surface area contributed by atoms with Gasteiger partial charge in [-0.1, -0.05) is 11.6 Å². The van der Waals surface area contributed by atoms with Crippen molar-refractivity contribution in [3.05, 3.63) is 48.5 Å². The Hall–Kier alpha value is -2.17. The molecule has 0 unspecified atom stereocenters. The maximum absolute atomic E-state index is 12.5. The van der Waals surface area contributed by atoms with Crippen molar-refractivity contribution in [3.63, 3.8) is 0 Å². The van der Waals surface area contributed by atoms with Gasteiger partial charge in [-0.25, -0.2) is 4.68 Å². The minimum Gasteiger partial charge on any atom is -0.336 e. The molecule has 1 amide bonds. The molecule has 0 aliphatic rings. The smallest absolute Gasteiger partial charge is 0.285 e. The summed E-state index contributed by atoms with van der Waals surface area (Å²) in [7, 11) is 0. The Labute approximate surface area is 148 Å². The molecule has 0 aromatic carbocycles. The number of hydrogen-bond acceptors (Lipinski definition) is 5. The van der Waals surface area contributed by atoms with Gasteiger partial charge in [0.1, 0.15) is 18.2 Å². The predicted molar refractivity (Wildman–Crippen MR) is 93.1 cm³/mol. The first-order chi connectivity index (χ1) is 11.4. The normalized spacial score (nSPS) is 10.5. The van der Waals surface area contributed by atoms with Crippen LogP contribution < -0.4 is 5.56 Å². The van der Waals surface area contributed by atoms with E-state index in [1.165, 1.54) is 11.3 Å². The third kappa shape index (κ3) is 3.83. The molecule has 2 rings (SSSR count). The number of rotatable bonds is 5. The average molecular weight is 365 g/mol. The molecule has 0 saturated carbocycles. The first-order valence-electron chi connectivity index (χ1n) is 7.37. The van der Waals surface area contributed by atoms with E-state index < -0.39 is 5.56 Å². The molecule has 2 aromatic heterocycles. The quantitative estimate of drug-likeness (QED) is 0.816. The number of carbonyl (C=O) groups excluding carboxylic acids is 1. The lowest BCUT2D eigenvalue weighted by atomic mass is 10.1. The summed E-state index contributed by atoms with van der Waals surface area (Å²) < 4.78 is 1.73. The summed E-state index contributed by atoms with van der Waals surface area (Å²) in [4.78, 5) is 27.4. The molecule has 0 fully saturated rings. The molecule has 0 bridgehead atoms. The predicted octanol–water partition coefficient (Wildman–Crippen LogP) is 2.50. The van der Waals surface area contributed by atoms with Crippen molar-refractivity contribution < 1.29 is 4.79 Å². The lowest BCUT2D eigenvalue weighted by Gasteiger charge is -2.20. The second kappa shape index (κ2) is 7.60. The molecule has 0 aliphatic heterocycles. The minimum atomic E-state index is -0.538. The number of nitrogens with zero attached hydrogens (tertiary/aromatic N) is 4. The van der Waals surface area contributed by atoms with Crippen molar-refractivity contribution in [2.24, 2.45) is 0 Å². The van der Waals surface area contributed by atoms with Gasteiger partial charge in [0.05, 0.1) is 16.6 Å². The highest BCUT2D eigenvalue weighted by Crippen LogP contribution is 2.22. The topological polar surface area (TPSA) is 79.0 Å². The first kappa shape index (κ1) is 18.2. The summed E-state index contributed by atoms with van der Waals surface area (Å²) in [6, 6.07) is 5.55. The third-order valence-corrected chi connectivity index (χ3v) is 4.96. The zero-order valence-electron chi connectivity index (χ0n) is 13.7. The van der Waals surface area contributed by atoms with Crippen molar-refractivity contribution in [1.82, 2.24) is 14.7 Å². The number of aromatic nitrogens is 2. The second-order valence-corrected chi connectivity index (χ2v) is 7.07. The number of amides is 1. The van der Waals surface area contributed by atoms with Gasteiger partial charge < -0.3 is 4.90 Å². The summed E-state index contributed by atoms with van der Waals surface area (Å²) >= 11 is 7.32. The van der Waals surface area contributed by atoms with Crippen molar-refractivity contribution in [2.45, 2.75) is 33.9 Å². The van der Waals surface area contributed by atoms with Crippen LogP contribution in [0.15, 0.2) is 16.9 Å². The SMILES string of the molecule is CCN(Cc1ccc(Cl)s1)C(=O)Cn1nc(C)c(C)c(C#N)c1=O. The van der Waals surface area contributed by atoms with Crippen molar-refractivity contribution >= 4 is 28.8 Å². The molecular weight excluding hydrogens is 348 g/mol. The molecule has 0 N–H and O–H groups in total. The van der Waals surface area contributed by atoms with Crippen LogP contribution in [0.2, 0.25) is 4.34 Å². The van der Waals surface area contributed by atoms with Crippen LogP contribution in [0.25, 0.3) is 0 Å². The van der Waals surface area contributed by atoms with Gasteiger partial charge in [-0.2, -0.15) is 10.4 Å². The van der Waals surface area contributed by atoms with Crippen LogP contribution in [-0.2, 0) is 17.9 Å². The number of halogens is 1. The lowest BCUT2D eigenvalue weighted by Crippen LogP contribution is -2.38. The number of thiophene rings is 1. The highest BCUT2D eigenvalue weighted by molar-refractivity contribution is 7.16. The summed E-state index contributed by atoms with van der Waals surface area (Å²) in [6.07, 6.45) is 0. The van der Waals surface area contributed by atoms with Gasteiger partial charge in [0.25, 0.3) is 5.56 Å². The van der Waals surface area contributed by atoms with Crippen LogP contribution in [0.5, 0.6) is 0 Å². The van der Waals surface area contributed by atoms with E-state index in [2.05, 4.69) is 5.10 Å². The largest absolute Gasteiger partial charge is 0.336 e. The van der Waals surface area contributed by atoms with Crippen LogP contribution in [0.3, 0.4) is 0 Å². The van der Waals surface area contributed by atoms with Gasteiger partial charge in [0, 0.05) is 11.4 Å². The molecular formula is C16H17ClN4O2S. The minimum absolute atomic E-state index is 0.0309. The third-order valence-electron chi connectivity index (χ3n) is 3.74. The van der Waals surface area contributed by atoms with Crippen molar-refractivity contribution in [1.29, 1.82) is 5.26 Å². The van der Waals surface area contributed by atoms with E-state index >= 15 is 0 Å². The van der Waals surface area contributed by atoms with Crippen LogP contribution in [0, 0.1) is 25.2 Å². The van der Waals surface area contributed by atoms with Crippen molar-refractivity contribution in [3.8, 4) is 6.07 Å². The number of nitriles is 1. The monoisotopic (exact) mass is 364 g/mol.